The van der Waals surface area contributed by atoms with Crippen molar-refractivity contribution in [2.45, 2.75) is 43.2 Å². The summed E-state index contributed by atoms with van der Waals surface area (Å²) < 4.78 is 6.73. The molecule has 4 aliphatic rings. The topological polar surface area (TPSA) is 48.5 Å². The zero-order valence-corrected chi connectivity index (χ0v) is 19.1. The Hall–Kier alpha value is -3.24. The van der Waals surface area contributed by atoms with Gasteiger partial charge < -0.3 is 14.8 Å². The van der Waals surface area contributed by atoms with Crippen molar-refractivity contribution >= 4 is 10.9 Å². The van der Waals surface area contributed by atoms with Crippen molar-refractivity contribution in [3.63, 3.8) is 0 Å². The molecule has 1 unspecified atom stereocenters. The number of phenols is 1. The number of aromatic nitrogens is 1. The van der Waals surface area contributed by atoms with Gasteiger partial charge in [-0.2, -0.15) is 0 Å². The van der Waals surface area contributed by atoms with Crippen molar-refractivity contribution in [1.29, 1.82) is 0 Å². The molecule has 0 radical (unpaired) electrons. The second kappa shape index (κ2) is 6.67. The number of likely N-dealkylation sites (tertiary alicyclic amines) is 1. The number of para-hydroxylation sites is 1. The van der Waals surface area contributed by atoms with Crippen LogP contribution in [0.5, 0.6) is 11.5 Å². The van der Waals surface area contributed by atoms with Crippen LogP contribution < -0.4 is 4.74 Å². The van der Waals surface area contributed by atoms with Crippen LogP contribution in [0.25, 0.3) is 10.9 Å². The van der Waals surface area contributed by atoms with E-state index in [4.69, 9.17) is 4.74 Å². The second-order valence-corrected chi connectivity index (χ2v) is 10.7. The molecule has 3 heterocycles. The molecule has 2 bridgehead atoms. The number of rotatable bonds is 3. The monoisotopic (exact) mass is 448 g/mol. The fraction of sp³-hybridized carbons (Fsp3) is 0.333. The van der Waals surface area contributed by atoms with Gasteiger partial charge in [0.25, 0.3) is 0 Å². The van der Waals surface area contributed by atoms with Gasteiger partial charge in [0.2, 0.25) is 0 Å². The molecule has 4 heteroatoms. The summed E-state index contributed by atoms with van der Waals surface area (Å²) in [5, 5.41) is 12.1. The first-order valence-electron chi connectivity index (χ1n) is 12.6. The third-order valence-corrected chi connectivity index (χ3v) is 9.29. The van der Waals surface area contributed by atoms with E-state index < -0.39 is 0 Å². The summed E-state index contributed by atoms with van der Waals surface area (Å²) in [5.41, 5.74) is 7.90. The predicted molar refractivity (Wildman–Crippen MR) is 132 cm³/mol. The Bertz CT molecular complexity index is 1440. The molecule has 8 rings (SSSR count). The van der Waals surface area contributed by atoms with Crippen LogP contribution in [0.4, 0.5) is 0 Å². The number of hydrogen-bond donors (Lipinski definition) is 2. The summed E-state index contributed by atoms with van der Waals surface area (Å²) in [5.74, 6) is 1.53. The van der Waals surface area contributed by atoms with Crippen molar-refractivity contribution in [3.8, 4) is 11.5 Å². The lowest BCUT2D eigenvalue weighted by Gasteiger charge is -2.58. The number of aromatic hydroxyl groups is 1. The Morgan fingerprint density at radius 2 is 1.85 bits per heavy atom. The zero-order chi connectivity index (χ0) is 22.4. The summed E-state index contributed by atoms with van der Waals surface area (Å²) in [6, 6.07) is 24.1. The first kappa shape index (κ1) is 19.1. The lowest BCUT2D eigenvalue weighted by molar-refractivity contribution is -0.0350. The normalized spacial score (nSPS) is 28.4. The number of ether oxygens (including phenoxy) is 1. The van der Waals surface area contributed by atoms with Crippen LogP contribution in [0.1, 0.15) is 40.5 Å². The van der Waals surface area contributed by atoms with E-state index in [0.717, 1.165) is 44.5 Å². The number of piperidine rings is 1. The lowest BCUT2D eigenvalue weighted by Crippen LogP contribution is -2.63. The number of nitrogens with zero attached hydrogens (tertiary/aromatic N) is 1. The summed E-state index contributed by atoms with van der Waals surface area (Å²) in [6.07, 6.45) is 4.22. The van der Waals surface area contributed by atoms with E-state index in [0.29, 0.717) is 17.7 Å². The average molecular weight is 449 g/mol. The molecule has 2 aliphatic heterocycles. The number of H-pyrrole nitrogens is 1. The Balaban J connectivity index is 1.28. The highest BCUT2D eigenvalue weighted by molar-refractivity contribution is 5.86. The molecule has 4 atom stereocenters. The summed E-state index contributed by atoms with van der Waals surface area (Å²) in [4.78, 5) is 6.50. The molecule has 2 N–H and O–H groups in total. The minimum absolute atomic E-state index is 0.0465. The summed E-state index contributed by atoms with van der Waals surface area (Å²) >= 11 is 0. The van der Waals surface area contributed by atoms with E-state index in [1.165, 1.54) is 38.9 Å². The molecule has 4 aromatic rings. The lowest BCUT2D eigenvalue weighted by atomic mass is 9.51. The second-order valence-electron chi connectivity index (χ2n) is 10.7. The molecule has 170 valence electrons. The fourth-order valence-electron chi connectivity index (χ4n) is 7.89. The van der Waals surface area contributed by atoms with E-state index in [1.54, 1.807) is 0 Å². The fourth-order valence-corrected chi connectivity index (χ4v) is 7.89. The number of benzene rings is 3. The molecule has 1 saturated heterocycles. The van der Waals surface area contributed by atoms with Crippen LogP contribution in [0, 0.1) is 5.92 Å². The van der Waals surface area contributed by atoms with Gasteiger partial charge in [-0.3, -0.25) is 4.90 Å². The molecule has 0 saturated carbocycles. The van der Waals surface area contributed by atoms with Gasteiger partial charge in [-0.15, -0.1) is 0 Å². The van der Waals surface area contributed by atoms with Crippen molar-refractivity contribution in [2.24, 2.45) is 5.92 Å². The molecule has 34 heavy (non-hydrogen) atoms. The Morgan fingerprint density at radius 1 is 1.00 bits per heavy atom. The highest BCUT2D eigenvalue weighted by atomic mass is 16.5. The number of phenolic OH excluding ortho intramolecular Hbond substituents is 1. The Morgan fingerprint density at radius 3 is 2.76 bits per heavy atom. The van der Waals surface area contributed by atoms with Crippen LogP contribution >= 0.6 is 0 Å². The SMILES string of the molecule is Oc1ccc2c3c1O[C@H]1c4[nH]c5ccccc5c4C[C@H]4C(C2)N(CCc2ccccc2)CC[C@]314. The zero-order valence-electron chi connectivity index (χ0n) is 19.1. The van der Waals surface area contributed by atoms with Crippen LogP contribution in [0.2, 0.25) is 0 Å². The first-order valence-corrected chi connectivity index (χ1v) is 12.6. The van der Waals surface area contributed by atoms with E-state index in [9.17, 15) is 5.11 Å². The van der Waals surface area contributed by atoms with Gasteiger partial charge in [0, 0.05) is 34.5 Å². The van der Waals surface area contributed by atoms with Crippen molar-refractivity contribution in [3.05, 3.63) is 94.7 Å². The first-order chi connectivity index (χ1) is 16.7. The Kier molecular flexibility index (Phi) is 3.75. The molecule has 4 nitrogen and oxygen atoms in total. The molecule has 0 amide bonds. The van der Waals surface area contributed by atoms with Crippen LogP contribution in [-0.2, 0) is 24.7 Å². The molecule has 1 aromatic heterocycles. The van der Waals surface area contributed by atoms with Gasteiger partial charge >= 0.3 is 0 Å². The highest BCUT2D eigenvalue weighted by Gasteiger charge is 2.65. The number of hydrogen-bond acceptors (Lipinski definition) is 3. The predicted octanol–water partition coefficient (Wildman–Crippen LogP) is 5.29. The minimum Gasteiger partial charge on any atom is -0.504 e. The molecule has 1 fully saturated rings. The average Bonchev–Trinajstić information content (AvgIpc) is 3.41. The third kappa shape index (κ3) is 2.32. The van der Waals surface area contributed by atoms with E-state index in [1.807, 2.05) is 6.07 Å². The van der Waals surface area contributed by atoms with E-state index in [-0.39, 0.29) is 11.5 Å². The van der Waals surface area contributed by atoms with Crippen LogP contribution in [0.15, 0.2) is 66.7 Å². The van der Waals surface area contributed by atoms with Gasteiger partial charge in [-0.25, -0.2) is 0 Å². The number of nitrogens with one attached hydrogen (secondary N) is 1. The largest absolute Gasteiger partial charge is 0.504 e. The quantitative estimate of drug-likeness (QED) is 0.448. The number of fused-ring (bicyclic) bond motifs is 4. The number of aromatic amines is 1. The van der Waals surface area contributed by atoms with Gasteiger partial charge in [-0.05, 0) is 67.0 Å². The van der Waals surface area contributed by atoms with Crippen LogP contribution in [0.3, 0.4) is 0 Å². The molecule has 2 aliphatic carbocycles. The standard InChI is InChI=1S/C30H28N2O2/c33-25-11-10-19-16-24-22-17-21-20-8-4-5-9-23(20)31-27(21)29-30(22,26(19)28(25)34-29)13-15-32(24)14-12-18-6-2-1-3-7-18/h1-11,22,24,29,31,33H,12-17H2/t22-,24?,29-,30-/m0/s1. The van der Waals surface area contributed by atoms with Gasteiger partial charge in [-0.1, -0.05) is 54.6 Å². The maximum absolute atomic E-state index is 10.8. The summed E-state index contributed by atoms with van der Waals surface area (Å²) in [7, 11) is 0. The van der Waals surface area contributed by atoms with E-state index >= 15 is 0 Å². The van der Waals surface area contributed by atoms with Crippen LogP contribution in [-0.4, -0.2) is 34.1 Å². The smallest absolute Gasteiger partial charge is 0.166 e. The van der Waals surface area contributed by atoms with Gasteiger partial charge in [0.1, 0.15) is 6.10 Å². The Labute approximate surface area is 199 Å². The highest BCUT2D eigenvalue weighted by Crippen LogP contribution is 2.67. The van der Waals surface area contributed by atoms with Crippen molar-refractivity contribution in [2.75, 3.05) is 13.1 Å². The van der Waals surface area contributed by atoms with Gasteiger partial charge in [0.15, 0.2) is 11.5 Å². The summed E-state index contributed by atoms with van der Waals surface area (Å²) in [6.45, 7) is 2.17. The van der Waals surface area contributed by atoms with Crippen molar-refractivity contribution < 1.29 is 9.84 Å². The molecular formula is C30H28N2O2. The van der Waals surface area contributed by atoms with Gasteiger partial charge in [0.05, 0.1) is 5.69 Å². The maximum Gasteiger partial charge on any atom is 0.166 e. The van der Waals surface area contributed by atoms with E-state index in [2.05, 4.69) is 70.5 Å². The molecular weight excluding hydrogens is 420 g/mol. The minimum atomic E-state index is -0.0521. The molecule has 1 spiro atoms. The maximum atomic E-state index is 10.8. The molecule has 3 aromatic carbocycles. The third-order valence-electron chi connectivity index (χ3n) is 9.29. The van der Waals surface area contributed by atoms with Crippen molar-refractivity contribution in [1.82, 2.24) is 9.88 Å².